The van der Waals surface area contributed by atoms with Crippen LogP contribution in [-0.4, -0.2) is 17.1 Å². The van der Waals surface area contributed by atoms with E-state index in [9.17, 15) is 9.90 Å². The molecule has 0 bridgehead atoms. The van der Waals surface area contributed by atoms with Crippen molar-refractivity contribution in [1.82, 2.24) is 5.32 Å². The van der Waals surface area contributed by atoms with E-state index < -0.39 is 0 Å². The molecule has 1 aromatic rings. The van der Waals surface area contributed by atoms with E-state index in [4.69, 9.17) is 11.6 Å². The van der Waals surface area contributed by atoms with Crippen LogP contribution in [0.3, 0.4) is 0 Å². The normalized spacial score (nSPS) is 30.6. The first kappa shape index (κ1) is 24.1. The van der Waals surface area contributed by atoms with Crippen molar-refractivity contribution in [3.8, 4) is 0 Å². The minimum atomic E-state index is -0.219. The Hall–Kier alpha value is -1.58. The summed E-state index contributed by atoms with van der Waals surface area (Å²) in [6, 6.07) is 7.52. The Balaban J connectivity index is 1.60. The van der Waals surface area contributed by atoms with Crippen LogP contribution in [0.15, 0.2) is 48.1 Å². The Morgan fingerprint density at radius 2 is 1.94 bits per heavy atom. The van der Waals surface area contributed by atoms with Crippen LogP contribution in [0.1, 0.15) is 71.8 Å². The van der Waals surface area contributed by atoms with Crippen LogP contribution in [0.25, 0.3) is 0 Å². The molecule has 2 fully saturated rings. The molecule has 0 radical (unpaired) electrons. The van der Waals surface area contributed by atoms with Gasteiger partial charge in [0.2, 0.25) is 5.91 Å². The third-order valence-corrected chi connectivity index (χ3v) is 8.39. The first-order valence-electron chi connectivity index (χ1n) is 11.6. The average molecular weight is 444 g/mol. The summed E-state index contributed by atoms with van der Waals surface area (Å²) in [4.78, 5) is 12.4. The van der Waals surface area contributed by atoms with Crippen molar-refractivity contribution in [3.05, 3.63) is 58.7 Å². The summed E-state index contributed by atoms with van der Waals surface area (Å²) in [5, 5.41) is 14.3. The van der Waals surface area contributed by atoms with E-state index in [2.05, 4.69) is 32.7 Å². The maximum absolute atomic E-state index is 12.4. The largest absolute Gasteiger partial charge is 0.393 e. The number of amides is 1. The highest BCUT2D eigenvalue weighted by Crippen LogP contribution is 2.61. The molecule has 0 heterocycles. The zero-order valence-electron chi connectivity index (χ0n) is 19.5. The molecule has 0 aromatic heterocycles. The highest BCUT2D eigenvalue weighted by atomic mass is 35.5. The van der Waals surface area contributed by atoms with Crippen LogP contribution in [0, 0.1) is 22.7 Å². The van der Waals surface area contributed by atoms with Gasteiger partial charge in [-0.3, -0.25) is 4.79 Å². The summed E-state index contributed by atoms with van der Waals surface area (Å²) in [5.74, 6) is 0.894. The van der Waals surface area contributed by atoms with Crippen molar-refractivity contribution in [2.45, 2.75) is 78.9 Å². The molecule has 0 saturated heterocycles. The first-order chi connectivity index (χ1) is 14.5. The average Bonchev–Trinajstić information content (AvgIpc) is 2.70. The quantitative estimate of drug-likeness (QED) is 0.392. The second kappa shape index (κ2) is 9.50. The van der Waals surface area contributed by atoms with Gasteiger partial charge >= 0.3 is 0 Å². The number of allylic oxidation sites excluding steroid dienone is 2. The molecule has 1 amide bonds. The lowest BCUT2D eigenvalue weighted by atomic mass is 9.46. The number of carbonyl (C=O) groups is 1. The zero-order valence-corrected chi connectivity index (χ0v) is 20.3. The number of aliphatic hydroxyl groups excluding tert-OH is 1. The molecule has 3 rings (SSSR count). The van der Waals surface area contributed by atoms with Crippen LogP contribution in [-0.2, 0) is 11.3 Å². The molecule has 4 atom stereocenters. The Bertz CT molecular complexity index is 841. The minimum Gasteiger partial charge on any atom is -0.393 e. The molecule has 0 unspecified atom stereocenters. The van der Waals surface area contributed by atoms with Gasteiger partial charge in [0.15, 0.2) is 0 Å². The number of fused-ring (bicyclic) bond motifs is 1. The van der Waals surface area contributed by atoms with E-state index in [-0.39, 0.29) is 22.8 Å². The van der Waals surface area contributed by atoms with Crippen molar-refractivity contribution in [2.75, 3.05) is 0 Å². The smallest absolute Gasteiger partial charge is 0.244 e. The summed E-state index contributed by atoms with van der Waals surface area (Å²) in [6.07, 6.45) is 7.51. The number of rotatable bonds is 6. The number of halogens is 1. The van der Waals surface area contributed by atoms with Gasteiger partial charge in [-0.05, 0) is 85.8 Å². The van der Waals surface area contributed by atoms with Crippen molar-refractivity contribution in [1.29, 1.82) is 0 Å². The number of aliphatic hydroxyl groups is 1. The number of hydrogen-bond donors (Lipinski definition) is 2. The van der Waals surface area contributed by atoms with Crippen LogP contribution in [0.4, 0.5) is 0 Å². The number of carbonyl (C=O) groups excluding carboxylic acids is 1. The molecule has 0 aliphatic heterocycles. The van der Waals surface area contributed by atoms with E-state index in [1.54, 1.807) is 6.08 Å². The number of benzene rings is 1. The summed E-state index contributed by atoms with van der Waals surface area (Å²) in [6.45, 7) is 13.9. The van der Waals surface area contributed by atoms with Gasteiger partial charge in [-0.25, -0.2) is 0 Å². The number of nitrogens with one attached hydrogen (secondary N) is 1. The van der Waals surface area contributed by atoms with Gasteiger partial charge in [-0.2, -0.15) is 0 Å². The van der Waals surface area contributed by atoms with Crippen LogP contribution >= 0.6 is 11.6 Å². The molecule has 3 nitrogen and oxygen atoms in total. The first-order valence-corrected chi connectivity index (χ1v) is 12.0. The van der Waals surface area contributed by atoms with Gasteiger partial charge in [-0.15, -0.1) is 0 Å². The van der Waals surface area contributed by atoms with Crippen LogP contribution in [0.5, 0.6) is 0 Å². The second-order valence-corrected chi connectivity index (χ2v) is 11.0. The lowest BCUT2D eigenvalue weighted by Gasteiger charge is -2.59. The van der Waals surface area contributed by atoms with Gasteiger partial charge in [0.1, 0.15) is 0 Å². The van der Waals surface area contributed by atoms with Crippen molar-refractivity contribution in [2.24, 2.45) is 22.7 Å². The third kappa shape index (κ3) is 5.26. The standard InChI is InChI=1S/C27H38ClNO2/c1-18(16-25(31)29-17-20-8-10-21(28)11-9-20)6-12-22-19(2)7-13-23-26(3,4)24(30)14-15-27(22,23)5/h8-11,16,22-24,30H,2,6-7,12-15,17H2,1,3-5H3,(H,29,31)/b18-16+/t22-,23-,24-,27+/m1/s1. The van der Waals surface area contributed by atoms with E-state index in [0.29, 0.717) is 23.4 Å². The van der Waals surface area contributed by atoms with Crippen molar-refractivity contribution in [3.63, 3.8) is 0 Å². The molecule has 0 spiro atoms. The summed E-state index contributed by atoms with van der Waals surface area (Å²) >= 11 is 5.91. The maximum atomic E-state index is 12.4. The molecule has 170 valence electrons. The Kier molecular flexibility index (Phi) is 7.38. The SMILES string of the molecule is C=C1CC[C@@H]2C(C)(C)[C@H](O)CC[C@@]2(C)[C@@H]1CC/C(C)=C/C(=O)NCc1ccc(Cl)cc1. The minimum absolute atomic E-state index is 0.0547. The fourth-order valence-corrected chi connectivity index (χ4v) is 6.34. The fraction of sp³-hybridized carbons (Fsp3) is 0.593. The highest BCUT2D eigenvalue weighted by Gasteiger charge is 2.55. The second-order valence-electron chi connectivity index (χ2n) is 10.6. The van der Waals surface area contributed by atoms with E-state index >= 15 is 0 Å². The van der Waals surface area contributed by atoms with E-state index in [1.165, 1.54) is 5.57 Å². The Morgan fingerprint density at radius 1 is 1.26 bits per heavy atom. The van der Waals surface area contributed by atoms with Gasteiger partial charge < -0.3 is 10.4 Å². The molecule has 1 aromatic carbocycles. The molecule has 2 aliphatic rings. The highest BCUT2D eigenvalue weighted by molar-refractivity contribution is 6.30. The lowest BCUT2D eigenvalue weighted by molar-refractivity contribution is -0.124. The topological polar surface area (TPSA) is 49.3 Å². The van der Waals surface area contributed by atoms with Crippen LogP contribution < -0.4 is 5.32 Å². The van der Waals surface area contributed by atoms with E-state index in [1.807, 2.05) is 31.2 Å². The van der Waals surface area contributed by atoms with Gasteiger partial charge in [-0.1, -0.05) is 62.2 Å². The zero-order chi connectivity index (χ0) is 22.8. The molecule has 2 saturated carbocycles. The van der Waals surface area contributed by atoms with Crippen LogP contribution in [0.2, 0.25) is 5.02 Å². The van der Waals surface area contributed by atoms with Crippen molar-refractivity contribution >= 4 is 17.5 Å². The predicted molar refractivity (Wildman–Crippen MR) is 129 cm³/mol. The molecule has 31 heavy (non-hydrogen) atoms. The molecule has 4 heteroatoms. The van der Waals surface area contributed by atoms with E-state index in [0.717, 1.165) is 49.7 Å². The molecule has 2 aliphatic carbocycles. The fourth-order valence-electron chi connectivity index (χ4n) is 6.21. The summed E-state index contributed by atoms with van der Waals surface area (Å²) < 4.78 is 0. The molecular weight excluding hydrogens is 406 g/mol. The molecular formula is C27H38ClNO2. The van der Waals surface area contributed by atoms with Gasteiger partial charge in [0.05, 0.1) is 6.10 Å². The summed E-state index contributed by atoms with van der Waals surface area (Å²) in [5.41, 5.74) is 3.60. The predicted octanol–water partition coefficient (Wildman–Crippen LogP) is 6.45. The monoisotopic (exact) mass is 443 g/mol. The number of hydrogen-bond acceptors (Lipinski definition) is 2. The Labute approximate surface area is 193 Å². The molecule has 2 N–H and O–H groups in total. The lowest BCUT2D eigenvalue weighted by Crippen LogP contribution is -2.54. The third-order valence-electron chi connectivity index (χ3n) is 8.14. The maximum Gasteiger partial charge on any atom is 0.244 e. The van der Waals surface area contributed by atoms with Crippen molar-refractivity contribution < 1.29 is 9.90 Å². The van der Waals surface area contributed by atoms with Gasteiger partial charge in [0, 0.05) is 17.6 Å². The summed E-state index contributed by atoms with van der Waals surface area (Å²) in [7, 11) is 0. The Morgan fingerprint density at radius 3 is 2.61 bits per heavy atom. The van der Waals surface area contributed by atoms with Gasteiger partial charge in [0.25, 0.3) is 0 Å².